The molecule has 1 aliphatic heterocycles. The van der Waals surface area contributed by atoms with Gasteiger partial charge in [0.15, 0.2) is 11.5 Å². The van der Waals surface area contributed by atoms with Crippen molar-refractivity contribution in [1.82, 2.24) is 19.6 Å². The Hall–Kier alpha value is -4.25. The van der Waals surface area contributed by atoms with Crippen LogP contribution in [0.15, 0.2) is 41.6 Å². The van der Waals surface area contributed by atoms with Gasteiger partial charge in [-0.25, -0.2) is 23.1 Å². The Morgan fingerprint density at radius 3 is 2.35 bits per heavy atom. The lowest BCUT2D eigenvalue weighted by Crippen LogP contribution is -2.37. The summed E-state index contributed by atoms with van der Waals surface area (Å²) in [5.74, 6) is 1.70. The van der Waals surface area contributed by atoms with Crippen LogP contribution in [0.2, 0.25) is 0 Å². The molecule has 16 heteroatoms. The summed E-state index contributed by atoms with van der Waals surface area (Å²) in [6.07, 6.45) is 2.33. The van der Waals surface area contributed by atoms with Crippen molar-refractivity contribution in [3.8, 4) is 11.5 Å². The number of hydrogen-bond donors (Lipinski definition) is 4. The van der Waals surface area contributed by atoms with E-state index in [2.05, 4.69) is 24.9 Å². The Kier molecular flexibility index (Phi) is 14.3. The lowest BCUT2D eigenvalue weighted by Gasteiger charge is -2.26. The number of benzene rings is 2. The predicted octanol–water partition coefficient (Wildman–Crippen LogP) is 1.86. The maximum Gasteiger partial charge on any atom is 0.290 e. The molecule has 1 saturated heterocycles. The number of carbonyl (C=O) groups is 2. The molecule has 43 heavy (non-hydrogen) atoms. The third-order valence-electron chi connectivity index (χ3n) is 6.18. The molecule has 4 rings (SSSR count). The minimum atomic E-state index is -3.62. The fourth-order valence-electron chi connectivity index (χ4n) is 4.15. The normalized spacial score (nSPS) is 13.0. The second kappa shape index (κ2) is 17.6. The highest BCUT2D eigenvalue weighted by Crippen LogP contribution is 2.36. The quantitative estimate of drug-likeness (QED) is 0.179. The maximum atomic E-state index is 12.4. The van der Waals surface area contributed by atoms with Gasteiger partial charge in [0.2, 0.25) is 10.0 Å². The summed E-state index contributed by atoms with van der Waals surface area (Å²) in [5, 5.41) is 17.8. The molecule has 4 N–H and O–H groups in total. The van der Waals surface area contributed by atoms with Gasteiger partial charge in [-0.05, 0) is 37.7 Å². The highest BCUT2D eigenvalue weighted by molar-refractivity contribution is 7.89. The van der Waals surface area contributed by atoms with E-state index < -0.39 is 10.0 Å². The molecule has 1 aromatic heterocycles. The van der Waals surface area contributed by atoms with Gasteiger partial charge in [-0.15, -0.1) is 0 Å². The fraction of sp³-hybridized carbons (Fsp3) is 0.407. The van der Waals surface area contributed by atoms with Gasteiger partial charge in [0.25, 0.3) is 12.9 Å². The molecule has 0 amide bonds. The maximum absolute atomic E-state index is 12.4. The van der Waals surface area contributed by atoms with Gasteiger partial charge in [-0.3, -0.25) is 14.5 Å². The molecule has 0 bridgehead atoms. The van der Waals surface area contributed by atoms with E-state index in [1.165, 1.54) is 13.4 Å². The van der Waals surface area contributed by atoms with E-state index in [0.717, 1.165) is 50.3 Å². The van der Waals surface area contributed by atoms with E-state index in [1.807, 2.05) is 31.1 Å². The number of ether oxygens (including phenoxy) is 3. The molecule has 0 unspecified atom stereocenters. The summed E-state index contributed by atoms with van der Waals surface area (Å²) in [4.78, 5) is 30.0. The van der Waals surface area contributed by atoms with Crippen LogP contribution >= 0.6 is 0 Å². The smallest absolute Gasteiger partial charge is 0.290 e. The molecule has 0 aliphatic carbocycles. The number of morpholine rings is 1. The van der Waals surface area contributed by atoms with Gasteiger partial charge < -0.3 is 34.6 Å². The molecule has 15 nitrogen and oxygen atoms in total. The first-order valence-corrected chi connectivity index (χ1v) is 14.6. The summed E-state index contributed by atoms with van der Waals surface area (Å²) in [7, 11) is 3.13. The number of anilines is 3. The highest BCUT2D eigenvalue weighted by Gasteiger charge is 2.18. The standard InChI is InChI=1S/C25H34N6O5S.2CH2O2/c1-26-37(32,33)18-6-7-22(30(2)3)21(14-18)29-25-19-15-24(23(34-4)16-20(19)27-17-28-25)36-11-5-8-31-9-12-35-13-10-31;2*2-1-3/h6-7,14-17,26H,5,8-13H2,1-4H3,(H,27,28,29);2*1H,(H,2,3). The van der Waals surface area contributed by atoms with E-state index in [4.69, 9.17) is 34.0 Å². The van der Waals surface area contributed by atoms with Crippen molar-refractivity contribution in [2.24, 2.45) is 0 Å². The molecule has 1 aliphatic rings. The monoisotopic (exact) mass is 622 g/mol. The average molecular weight is 623 g/mol. The summed E-state index contributed by atoms with van der Waals surface area (Å²) in [6.45, 7) is 4.40. The van der Waals surface area contributed by atoms with Crippen molar-refractivity contribution in [3.05, 3.63) is 36.7 Å². The highest BCUT2D eigenvalue weighted by atomic mass is 32.2. The summed E-state index contributed by atoms with van der Waals surface area (Å²) < 4.78 is 44.3. The Balaban J connectivity index is 0.000000992. The zero-order valence-electron chi connectivity index (χ0n) is 24.5. The van der Waals surface area contributed by atoms with Gasteiger partial charge in [-0.1, -0.05) is 0 Å². The van der Waals surface area contributed by atoms with E-state index in [-0.39, 0.29) is 17.8 Å². The number of methoxy groups -OCH3 is 1. The topological polar surface area (TPSA) is 193 Å². The van der Waals surface area contributed by atoms with Gasteiger partial charge in [0.05, 0.1) is 48.7 Å². The number of fused-ring (bicyclic) bond motifs is 1. The van der Waals surface area contributed by atoms with Crippen LogP contribution in [0.3, 0.4) is 0 Å². The summed E-state index contributed by atoms with van der Waals surface area (Å²) in [6, 6.07) is 8.57. The number of sulfonamides is 1. The SMILES string of the molecule is CNS(=O)(=O)c1ccc(N(C)C)c(Nc2ncnc3cc(OC)c(OCCCN4CCOCC4)cc23)c1.O=CO.O=CO. The molecular weight excluding hydrogens is 584 g/mol. The van der Waals surface area contributed by atoms with Crippen LogP contribution in [0.4, 0.5) is 17.2 Å². The van der Waals surface area contributed by atoms with Crippen LogP contribution in [-0.4, -0.2) is 114 Å². The summed E-state index contributed by atoms with van der Waals surface area (Å²) >= 11 is 0. The Morgan fingerprint density at radius 1 is 1.07 bits per heavy atom. The molecule has 0 atom stereocenters. The fourth-order valence-corrected chi connectivity index (χ4v) is 4.90. The van der Waals surface area contributed by atoms with Crippen LogP contribution in [0.5, 0.6) is 11.5 Å². The predicted molar refractivity (Wildman–Crippen MR) is 161 cm³/mol. The lowest BCUT2D eigenvalue weighted by atomic mass is 10.2. The van der Waals surface area contributed by atoms with Crippen molar-refractivity contribution in [2.75, 3.05) is 77.9 Å². The van der Waals surface area contributed by atoms with E-state index in [9.17, 15) is 8.42 Å². The van der Waals surface area contributed by atoms with Crippen LogP contribution in [0.25, 0.3) is 10.9 Å². The molecule has 0 radical (unpaired) electrons. The van der Waals surface area contributed by atoms with Crippen molar-refractivity contribution in [1.29, 1.82) is 0 Å². The first-order chi connectivity index (χ1) is 20.6. The Morgan fingerprint density at radius 2 is 1.74 bits per heavy atom. The van der Waals surface area contributed by atoms with Crippen molar-refractivity contribution >= 4 is 51.1 Å². The molecule has 2 heterocycles. The van der Waals surface area contributed by atoms with Crippen LogP contribution < -0.4 is 24.4 Å². The zero-order chi connectivity index (χ0) is 31.8. The third kappa shape index (κ3) is 10.2. The molecule has 3 aromatic rings. The molecule has 2 aromatic carbocycles. The van der Waals surface area contributed by atoms with Crippen molar-refractivity contribution in [3.63, 3.8) is 0 Å². The number of carboxylic acid groups (broad SMARTS) is 2. The van der Waals surface area contributed by atoms with E-state index in [1.54, 1.807) is 25.3 Å². The molecular formula is C27H38N6O9S. The van der Waals surface area contributed by atoms with Crippen LogP contribution in [0.1, 0.15) is 6.42 Å². The molecule has 1 fully saturated rings. The molecule has 0 saturated carbocycles. The van der Waals surface area contributed by atoms with Gasteiger partial charge in [-0.2, -0.15) is 0 Å². The van der Waals surface area contributed by atoms with Gasteiger partial charge in [0.1, 0.15) is 12.1 Å². The van der Waals surface area contributed by atoms with Gasteiger partial charge >= 0.3 is 0 Å². The number of rotatable bonds is 11. The third-order valence-corrected chi connectivity index (χ3v) is 7.59. The molecule has 0 spiro atoms. The molecule has 236 valence electrons. The zero-order valence-corrected chi connectivity index (χ0v) is 25.3. The largest absolute Gasteiger partial charge is 0.493 e. The average Bonchev–Trinajstić information content (AvgIpc) is 3.00. The minimum absolute atomic E-state index is 0.146. The first kappa shape index (κ1) is 34.9. The van der Waals surface area contributed by atoms with Crippen LogP contribution in [0, 0.1) is 0 Å². The number of nitrogens with zero attached hydrogens (tertiary/aromatic N) is 4. The van der Waals surface area contributed by atoms with Crippen LogP contribution in [-0.2, 0) is 24.3 Å². The van der Waals surface area contributed by atoms with E-state index >= 15 is 0 Å². The van der Waals surface area contributed by atoms with Gasteiger partial charge in [0, 0.05) is 45.2 Å². The lowest BCUT2D eigenvalue weighted by molar-refractivity contribution is -0.123. The first-order valence-electron chi connectivity index (χ1n) is 13.1. The summed E-state index contributed by atoms with van der Waals surface area (Å²) in [5.41, 5.74) is 2.06. The van der Waals surface area contributed by atoms with E-state index in [0.29, 0.717) is 35.1 Å². The second-order valence-electron chi connectivity index (χ2n) is 9.02. The minimum Gasteiger partial charge on any atom is -0.493 e. The number of hydrogen-bond acceptors (Lipinski definition) is 12. The second-order valence-corrected chi connectivity index (χ2v) is 10.9. The van der Waals surface area contributed by atoms with Crippen molar-refractivity contribution in [2.45, 2.75) is 11.3 Å². The Bertz CT molecular complexity index is 1430. The van der Waals surface area contributed by atoms with Crippen molar-refractivity contribution < 1.29 is 42.4 Å². The number of nitrogens with one attached hydrogen (secondary N) is 2. The number of aromatic nitrogens is 2. The Labute approximate surface area is 250 Å².